The van der Waals surface area contributed by atoms with Gasteiger partial charge in [-0.2, -0.15) is 13.2 Å². The number of rotatable bonds is 3. The Morgan fingerprint density at radius 3 is 2.19 bits per heavy atom. The van der Waals surface area contributed by atoms with Gasteiger partial charge in [0.25, 0.3) is 0 Å². The number of halogens is 4. The molecule has 2 N–H and O–H groups in total. The Hall–Kier alpha value is -1.85. The average Bonchev–Trinajstić information content (AvgIpc) is 2.45. The van der Waals surface area contributed by atoms with Crippen LogP contribution < -0.4 is 5.73 Å². The van der Waals surface area contributed by atoms with Gasteiger partial charge in [-0.3, -0.25) is 4.79 Å². The number of alkyl halides is 3. The molecule has 0 fully saturated rings. The summed E-state index contributed by atoms with van der Waals surface area (Å²) >= 11 is 5.80. The van der Waals surface area contributed by atoms with Gasteiger partial charge >= 0.3 is 6.18 Å². The van der Waals surface area contributed by atoms with Gasteiger partial charge in [-0.1, -0.05) is 41.9 Å². The van der Waals surface area contributed by atoms with Crippen LogP contribution in [-0.4, -0.2) is 12.0 Å². The molecule has 1 atom stereocenters. The van der Waals surface area contributed by atoms with Crippen molar-refractivity contribution in [2.45, 2.75) is 12.2 Å². The third kappa shape index (κ3) is 3.62. The number of hydrogen-bond acceptors (Lipinski definition) is 2. The van der Waals surface area contributed by atoms with E-state index in [2.05, 4.69) is 0 Å². The fourth-order valence-electron chi connectivity index (χ4n) is 1.86. The van der Waals surface area contributed by atoms with Crippen LogP contribution >= 0.6 is 11.6 Å². The van der Waals surface area contributed by atoms with Gasteiger partial charge in [0.05, 0.1) is 0 Å². The van der Waals surface area contributed by atoms with Crippen molar-refractivity contribution in [2.24, 2.45) is 5.73 Å². The summed E-state index contributed by atoms with van der Waals surface area (Å²) in [6.07, 6.45) is -4.56. The molecule has 0 aliphatic rings. The van der Waals surface area contributed by atoms with Gasteiger partial charge in [0, 0.05) is 16.1 Å². The molecular weight excluding hydrogens is 303 g/mol. The standard InChI is InChI=1S/C15H11ClF3NO/c16-12-6-2-4-10(8-12)13(21)9-3-1-5-11(7-9)14(20)15(17,18)19/h1-8,14H,20H2. The monoisotopic (exact) mass is 313 g/mol. The Labute approximate surface area is 124 Å². The highest BCUT2D eigenvalue weighted by atomic mass is 35.5. The lowest BCUT2D eigenvalue weighted by atomic mass is 9.98. The smallest absolute Gasteiger partial charge is 0.316 e. The molecule has 2 rings (SSSR count). The third-order valence-corrected chi connectivity index (χ3v) is 3.18. The zero-order chi connectivity index (χ0) is 15.6. The Balaban J connectivity index is 2.35. The molecule has 2 aromatic rings. The largest absolute Gasteiger partial charge is 0.407 e. The minimum atomic E-state index is -4.56. The fourth-order valence-corrected chi connectivity index (χ4v) is 2.05. The van der Waals surface area contributed by atoms with Gasteiger partial charge in [-0.15, -0.1) is 0 Å². The predicted molar refractivity (Wildman–Crippen MR) is 74.3 cm³/mol. The van der Waals surface area contributed by atoms with Gasteiger partial charge in [-0.05, 0) is 23.8 Å². The molecule has 0 radical (unpaired) electrons. The second-order valence-corrected chi connectivity index (χ2v) is 4.92. The molecule has 1 unspecified atom stereocenters. The molecular formula is C15H11ClF3NO. The van der Waals surface area contributed by atoms with Gasteiger partial charge in [-0.25, -0.2) is 0 Å². The van der Waals surface area contributed by atoms with E-state index in [-0.39, 0.29) is 11.1 Å². The second kappa shape index (κ2) is 5.87. The minimum absolute atomic E-state index is 0.134. The minimum Gasteiger partial charge on any atom is -0.316 e. The lowest BCUT2D eigenvalue weighted by Crippen LogP contribution is -2.28. The zero-order valence-corrected chi connectivity index (χ0v) is 11.4. The van der Waals surface area contributed by atoms with Crippen LogP contribution in [0.2, 0.25) is 5.02 Å². The van der Waals surface area contributed by atoms with Crippen LogP contribution in [-0.2, 0) is 0 Å². The van der Waals surface area contributed by atoms with Gasteiger partial charge < -0.3 is 5.73 Å². The van der Waals surface area contributed by atoms with Crippen LogP contribution in [0.15, 0.2) is 48.5 Å². The quantitative estimate of drug-likeness (QED) is 0.866. The van der Waals surface area contributed by atoms with Crippen molar-refractivity contribution in [1.29, 1.82) is 0 Å². The number of hydrogen-bond donors (Lipinski definition) is 1. The average molecular weight is 314 g/mol. The molecule has 6 heteroatoms. The number of benzene rings is 2. The third-order valence-electron chi connectivity index (χ3n) is 2.95. The number of carbonyl (C=O) groups excluding carboxylic acids is 1. The molecule has 0 saturated carbocycles. The maximum absolute atomic E-state index is 12.6. The van der Waals surface area contributed by atoms with Gasteiger partial charge in [0.15, 0.2) is 5.78 Å². The Morgan fingerprint density at radius 2 is 1.62 bits per heavy atom. The van der Waals surface area contributed by atoms with E-state index in [1.807, 2.05) is 0 Å². The van der Waals surface area contributed by atoms with E-state index >= 15 is 0 Å². The van der Waals surface area contributed by atoms with Crippen LogP contribution in [0.1, 0.15) is 27.5 Å². The maximum atomic E-state index is 12.6. The molecule has 21 heavy (non-hydrogen) atoms. The van der Waals surface area contributed by atoms with Crippen molar-refractivity contribution in [3.8, 4) is 0 Å². The highest BCUT2D eigenvalue weighted by Crippen LogP contribution is 2.31. The van der Waals surface area contributed by atoms with E-state index in [4.69, 9.17) is 17.3 Å². The SMILES string of the molecule is NC(c1cccc(C(=O)c2cccc(Cl)c2)c1)C(F)(F)F. The summed E-state index contributed by atoms with van der Waals surface area (Å²) in [5.41, 5.74) is 5.43. The molecule has 0 spiro atoms. The summed E-state index contributed by atoms with van der Waals surface area (Å²) in [6.45, 7) is 0. The molecule has 0 heterocycles. The van der Waals surface area contributed by atoms with E-state index in [9.17, 15) is 18.0 Å². The molecule has 0 aliphatic carbocycles. The van der Waals surface area contributed by atoms with Gasteiger partial charge in [0.1, 0.15) is 6.04 Å². The maximum Gasteiger partial charge on any atom is 0.407 e. The molecule has 0 bridgehead atoms. The van der Waals surface area contributed by atoms with Crippen molar-refractivity contribution in [2.75, 3.05) is 0 Å². The molecule has 0 saturated heterocycles. The van der Waals surface area contributed by atoms with E-state index in [1.165, 1.54) is 24.3 Å². The fraction of sp³-hybridized carbons (Fsp3) is 0.133. The van der Waals surface area contributed by atoms with Crippen molar-refractivity contribution in [3.63, 3.8) is 0 Å². The first-order valence-corrected chi connectivity index (χ1v) is 6.39. The zero-order valence-electron chi connectivity index (χ0n) is 10.7. The first-order chi connectivity index (χ1) is 9.79. The van der Waals surface area contributed by atoms with Crippen molar-refractivity contribution >= 4 is 17.4 Å². The van der Waals surface area contributed by atoms with Crippen LogP contribution in [0.4, 0.5) is 13.2 Å². The summed E-state index contributed by atoms with van der Waals surface area (Å²) in [5, 5.41) is 0.379. The lowest BCUT2D eigenvalue weighted by molar-refractivity contribution is -0.149. The Kier molecular flexibility index (Phi) is 4.34. The van der Waals surface area contributed by atoms with Crippen LogP contribution in [0.5, 0.6) is 0 Å². The summed E-state index contributed by atoms with van der Waals surface area (Å²) in [6, 6.07) is 9.30. The summed E-state index contributed by atoms with van der Waals surface area (Å²) in [5.74, 6) is -0.409. The second-order valence-electron chi connectivity index (χ2n) is 4.48. The predicted octanol–water partition coefficient (Wildman–Crippen LogP) is 4.13. The lowest BCUT2D eigenvalue weighted by Gasteiger charge is -2.16. The Morgan fingerprint density at radius 1 is 1.05 bits per heavy atom. The van der Waals surface area contributed by atoms with Crippen LogP contribution in [0, 0.1) is 0 Å². The number of carbonyl (C=O) groups is 1. The van der Waals surface area contributed by atoms with Gasteiger partial charge in [0.2, 0.25) is 0 Å². The Bertz CT molecular complexity index is 670. The topological polar surface area (TPSA) is 43.1 Å². The molecule has 0 aliphatic heterocycles. The van der Waals surface area contributed by atoms with Crippen LogP contribution in [0.3, 0.4) is 0 Å². The highest BCUT2D eigenvalue weighted by molar-refractivity contribution is 6.31. The van der Waals surface area contributed by atoms with E-state index in [1.54, 1.807) is 18.2 Å². The number of nitrogens with two attached hydrogens (primary N) is 1. The van der Waals surface area contributed by atoms with E-state index in [0.717, 1.165) is 6.07 Å². The molecule has 110 valence electrons. The molecule has 0 amide bonds. The first kappa shape index (κ1) is 15.5. The number of ketones is 1. The van der Waals surface area contributed by atoms with E-state index < -0.39 is 18.0 Å². The molecule has 2 aromatic carbocycles. The molecule has 2 nitrogen and oxygen atoms in total. The van der Waals surface area contributed by atoms with Crippen molar-refractivity contribution in [3.05, 3.63) is 70.2 Å². The van der Waals surface area contributed by atoms with Crippen molar-refractivity contribution in [1.82, 2.24) is 0 Å². The summed E-state index contributed by atoms with van der Waals surface area (Å²) in [7, 11) is 0. The van der Waals surface area contributed by atoms with Crippen LogP contribution in [0.25, 0.3) is 0 Å². The summed E-state index contributed by atoms with van der Waals surface area (Å²) < 4.78 is 37.8. The normalized spacial score (nSPS) is 13.0. The summed E-state index contributed by atoms with van der Waals surface area (Å²) in [4.78, 5) is 12.2. The van der Waals surface area contributed by atoms with E-state index in [0.29, 0.717) is 10.6 Å². The first-order valence-electron chi connectivity index (χ1n) is 6.01. The molecule has 0 aromatic heterocycles. The van der Waals surface area contributed by atoms with Crippen molar-refractivity contribution < 1.29 is 18.0 Å². The highest BCUT2D eigenvalue weighted by Gasteiger charge is 2.37.